The lowest BCUT2D eigenvalue weighted by molar-refractivity contribution is 0.902. The van der Waals surface area contributed by atoms with Crippen LogP contribution in [0.5, 0.6) is 0 Å². The number of halogens is 2. The standard InChI is InChI=1S/C4H4BrClN2/c5-3-8-2-1-7-4(8)6/h1-2H,3H2. The molecule has 4 heteroatoms. The number of imidazole rings is 1. The third kappa shape index (κ3) is 1.03. The first-order valence-electron chi connectivity index (χ1n) is 2.07. The molecule has 0 spiro atoms. The molecule has 0 saturated carbocycles. The van der Waals surface area contributed by atoms with Crippen molar-refractivity contribution in [1.82, 2.24) is 9.55 Å². The molecule has 8 heavy (non-hydrogen) atoms. The molecule has 0 N–H and O–H groups in total. The van der Waals surface area contributed by atoms with Crippen molar-refractivity contribution in [3.05, 3.63) is 17.7 Å². The van der Waals surface area contributed by atoms with E-state index in [1.165, 1.54) is 0 Å². The van der Waals surface area contributed by atoms with Crippen LogP contribution < -0.4 is 0 Å². The zero-order chi connectivity index (χ0) is 5.98. The molecule has 1 aromatic heterocycles. The molecule has 44 valence electrons. The third-order valence-electron chi connectivity index (χ3n) is 0.793. The number of aromatic nitrogens is 2. The predicted molar refractivity (Wildman–Crippen MR) is 36.2 cm³/mol. The van der Waals surface area contributed by atoms with Crippen LogP contribution in [0.2, 0.25) is 5.28 Å². The van der Waals surface area contributed by atoms with E-state index in [9.17, 15) is 0 Å². The summed E-state index contributed by atoms with van der Waals surface area (Å²) in [6, 6.07) is 0. The van der Waals surface area contributed by atoms with Gasteiger partial charge >= 0.3 is 0 Å². The van der Waals surface area contributed by atoms with E-state index in [4.69, 9.17) is 11.6 Å². The summed E-state index contributed by atoms with van der Waals surface area (Å²) < 4.78 is 1.78. The molecule has 0 aliphatic rings. The number of rotatable bonds is 1. The molecule has 1 aromatic rings. The molecular formula is C4H4BrClN2. The maximum atomic E-state index is 5.56. The average molecular weight is 195 g/mol. The van der Waals surface area contributed by atoms with Crippen molar-refractivity contribution in [3.8, 4) is 0 Å². The van der Waals surface area contributed by atoms with Crippen molar-refractivity contribution in [1.29, 1.82) is 0 Å². The molecule has 0 aliphatic heterocycles. The maximum absolute atomic E-state index is 5.56. The minimum absolute atomic E-state index is 0.516. The van der Waals surface area contributed by atoms with Gasteiger partial charge in [0.1, 0.15) is 0 Å². The predicted octanol–water partition coefficient (Wildman–Crippen LogP) is 1.89. The van der Waals surface area contributed by atoms with Gasteiger partial charge in [-0.2, -0.15) is 0 Å². The van der Waals surface area contributed by atoms with Gasteiger partial charge in [0.25, 0.3) is 0 Å². The first-order valence-corrected chi connectivity index (χ1v) is 3.57. The van der Waals surface area contributed by atoms with Crippen LogP contribution in [0, 0.1) is 0 Å². The van der Waals surface area contributed by atoms with Crippen molar-refractivity contribution >= 4 is 27.5 Å². The Morgan fingerprint density at radius 3 is 2.88 bits per heavy atom. The molecule has 0 bridgehead atoms. The fraction of sp³-hybridized carbons (Fsp3) is 0.250. The van der Waals surface area contributed by atoms with E-state index in [1.807, 2.05) is 0 Å². The topological polar surface area (TPSA) is 17.8 Å². The molecule has 0 unspecified atom stereocenters. The van der Waals surface area contributed by atoms with Crippen molar-refractivity contribution in [2.24, 2.45) is 0 Å². The van der Waals surface area contributed by atoms with Crippen molar-refractivity contribution < 1.29 is 0 Å². The van der Waals surface area contributed by atoms with E-state index in [2.05, 4.69) is 20.9 Å². The summed E-state index contributed by atoms with van der Waals surface area (Å²) in [6.07, 6.45) is 3.46. The van der Waals surface area contributed by atoms with E-state index in [0.29, 0.717) is 10.7 Å². The lowest BCUT2D eigenvalue weighted by atomic mass is 10.9. The van der Waals surface area contributed by atoms with Gasteiger partial charge in [0.2, 0.25) is 5.28 Å². The number of hydrogen-bond donors (Lipinski definition) is 0. The highest BCUT2D eigenvalue weighted by atomic mass is 79.9. The third-order valence-corrected chi connectivity index (χ3v) is 1.65. The zero-order valence-electron chi connectivity index (χ0n) is 4.01. The van der Waals surface area contributed by atoms with Crippen LogP contribution in [0.4, 0.5) is 0 Å². The molecule has 0 aromatic carbocycles. The smallest absolute Gasteiger partial charge is 0.203 e. The minimum Gasteiger partial charge on any atom is -0.311 e. The van der Waals surface area contributed by atoms with E-state index in [0.717, 1.165) is 0 Å². The molecule has 1 rings (SSSR count). The van der Waals surface area contributed by atoms with Gasteiger partial charge < -0.3 is 4.57 Å². The SMILES string of the molecule is Clc1nccn1CBr. The van der Waals surface area contributed by atoms with Crippen LogP contribution in [-0.2, 0) is 5.45 Å². The summed E-state index contributed by atoms with van der Waals surface area (Å²) in [6.45, 7) is 0. The molecule has 0 fully saturated rings. The van der Waals surface area contributed by atoms with Crippen LogP contribution in [0.25, 0.3) is 0 Å². The molecule has 2 nitrogen and oxygen atoms in total. The maximum Gasteiger partial charge on any atom is 0.203 e. The van der Waals surface area contributed by atoms with Crippen molar-refractivity contribution in [2.75, 3.05) is 0 Å². The van der Waals surface area contributed by atoms with E-state index in [-0.39, 0.29) is 0 Å². The summed E-state index contributed by atoms with van der Waals surface area (Å²) in [5.41, 5.74) is 0.700. The number of alkyl halides is 1. The normalized spacial score (nSPS) is 9.75. The van der Waals surface area contributed by atoms with Gasteiger partial charge in [-0.15, -0.1) is 0 Å². The van der Waals surface area contributed by atoms with Gasteiger partial charge in [-0.3, -0.25) is 0 Å². The zero-order valence-corrected chi connectivity index (χ0v) is 6.35. The Kier molecular flexibility index (Phi) is 1.91. The van der Waals surface area contributed by atoms with E-state index in [1.54, 1.807) is 17.0 Å². The van der Waals surface area contributed by atoms with Gasteiger partial charge in [0.15, 0.2) is 0 Å². The van der Waals surface area contributed by atoms with Gasteiger partial charge in [0.05, 0.1) is 5.45 Å². The number of hydrogen-bond acceptors (Lipinski definition) is 1. The molecular weight excluding hydrogens is 191 g/mol. The van der Waals surface area contributed by atoms with Crippen molar-refractivity contribution in [2.45, 2.75) is 5.45 Å². The van der Waals surface area contributed by atoms with Crippen LogP contribution in [0.3, 0.4) is 0 Å². The summed E-state index contributed by atoms with van der Waals surface area (Å²) in [5.74, 6) is 0. The molecule has 0 radical (unpaired) electrons. The fourth-order valence-corrected chi connectivity index (χ4v) is 1.12. The van der Waals surface area contributed by atoms with Gasteiger partial charge in [-0.05, 0) is 11.6 Å². The van der Waals surface area contributed by atoms with Crippen LogP contribution >= 0.6 is 27.5 Å². The van der Waals surface area contributed by atoms with Crippen LogP contribution in [0.1, 0.15) is 0 Å². The highest BCUT2D eigenvalue weighted by Gasteiger charge is 1.92. The molecule has 0 saturated heterocycles. The monoisotopic (exact) mass is 194 g/mol. The Morgan fingerprint density at radius 1 is 1.88 bits per heavy atom. The molecule has 0 amide bonds. The Bertz CT molecular complexity index is 174. The fourth-order valence-electron chi connectivity index (χ4n) is 0.400. The highest BCUT2D eigenvalue weighted by molar-refractivity contribution is 9.08. The van der Waals surface area contributed by atoms with E-state index < -0.39 is 0 Å². The second-order valence-corrected chi connectivity index (χ2v) is 2.13. The quantitative estimate of drug-likeness (QED) is 0.626. The van der Waals surface area contributed by atoms with Gasteiger partial charge in [-0.25, -0.2) is 4.98 Å². The largest absolute Gasteiger partial charge is 0.311 e. The molecule has 0 atom stereocenters. The lowest BCUT2D eigenvalue weighted by Crippen LogP contribution is -1.86. The van der Waals surface area contributed by atoms with Crippen LogP contribution in [-0.4, -0.2) is 9.55 Å². The van der Waals surface area contributed by atoms with Crippen LogP contribution in [0.15, 0.2) is 12.4 Å². The van der Waals surface area contributed by atoms with Crippen molar-refractivity contribution in [3.63, 3.8) is 0 Å². The first kappa shape index (κ1) is 6.11. The van der Waals surface area contributed by atoms with Gasteiger partial charge in [-0.1, -0.05) is 15.9 Å². The first-order chi connectivity index (χ1) is 3.84. The van der Waals surface area contributed by atoms with E-state index >= 15 is 0 Å². The summed E-state index contributed by atoms with van der Waals surface area (Å²) in [7, 11) is 0. The Hall–Kier alpha value is -0.0200. The Balaban J connectivity index is 2.92. The highest BCUT2D eigenvalue weighted by Crippen LogP contribution is 2.05. The average Bonchev–Trinajstić information content (AvgIpc) is 2.14. The second kappa shape index (κ2) is 2.51. The Labute approximate surface area is 60.6 Å². The minimum atomic E-state index is 0.516. The summed E-state index contributed by atoms with van der Waals surface area (Å²) in [4.78, 5) is 3.79. The lowest BCUT2D eigenvalue weighted by Gasteiger charge is -1.91. The second-order valence-electron chi connectivity index (χ2n) is 1.29. The summed E-state index contributed by atoms with van der Waals surface area (Å²) in [5, 5.41) is 0.516. The molecule has 1 heterocycles. The Morgan fingerprint density at radius 2 is 2.62 bits per heavy atom. The van der Waals surface area contributed by atoms with Gasteiger partial charge in [0, 0.05) is 12.4 Å². The molecule has 0 aliphatic carbocycles. The summed E-state index contributed by atoms with van der Waals surface area (Å²) >= 11 is 8.79. The number of nitrogens with zero attached hydrogens (tertiary/aromatic N) is 2.